The van der Waals surface area contributed by atoms with Gasteiger partial charge in [0.1, 0.15) is 11.5 Å². The van der Waals surface area contributed by atoms with Crippen LogP contribution in [0.1, 0.15) is 33.5 Å². The fourth-order valence-corrected chi connectivity index (χ4v) is 2.46. The van der Waals surface area contributed by atoms with Crippen molar-refractivity contribution < 1.29 is 9.21 Å². The van der Waals surface area contributed by atoms with E-state index < -0.39 is 11.2 Å². The molecule has 3 aromatic rings. The lowest BCUT2D eigenvalue weighted by Crippen LogP contribution is -2.40. The minimum atomic E-state index is -0.575. The van der Waals surface area contributed by atoms with Crippen LogP contribution in [0.25, 0.3) is 17.0 Å². The Morgan fingerprint density at radius 3 is 2.52 bits per heavy atom. The lowest BCUT2D eigenvalue weighted by atomic mass is 9.94. The summed E-state index contributed by atoms with van der Waals surface area (Å²) < 4.78 is 9.41. The van der Waals surface area contributed by atoms with E-state index in [-0.39, 0.29) is 34.8 Å². The Hall–Kier alpha value is -2.64. The van der Waals surface area contributed by atoms with Crippen LogP contribution in [-0.4, -0.2) is 24.3 Å². The van der Waals surface area contributed by atoms with Crippen molar-refractivity contribution in [2.75, 3.05) is 0 Å². The van der Waals surface area contributed by atoms with Crippen LogP contribution in [0.5, 0.6) is 0 Å². The zero-order valence-electron chi connectivity index (χ0n) is 13.7. The van der Waals surface area contributed by atoms with E-state index in [2.05, 4.69) is 4.98 Å². The second-order valence-corrected chi connectivity index (χ2v) is 6.72. The second-order valence-electron chi connectivity index (χ2n) is 6.72. The maximum Gasteiger partial charge on any atom is 0.332 e. The van der Waals surface area contributed by atoms with E-state index >= 15 is 0 Å². The molecule has 0 saturated heterocycles. The van der Waals surface area contributed by atoms with Crippen molar-refractivity contribution >= 4 is 22.8 Å². The molecule has 0 saturated carbocycles. The summed E-state index contributed by atoms with van der Waals surface area (Å²) in [5, 5.41) is 0. The van der Waals surface area contributed by atoms with Crippen molar-refractivity contribution in [2.45, 2.75) is 39.7 Å². The molecule has 122 valence electrons. The van der Waals surface area contributed by atoms with Crippen molar-refractivity contribution in [1.29, 1.82) is 0 Å². The third-order valence-electron chi connectivity index (χ3n) is 3.71. The molecular weight excluding hydrogens is 300 g/mol. The molecule has 0 radical (unpaired) electrons. The van der Waals surface area contributed by atoms with Gasteiger partial charge in [-0.05, 0) is 6.92 Å². The Bertz CT molecular complexity index is 1060. The lowest BCUT2D eigenvalue weighted by molar-refractivity contribution is -0.117. The molecule has 3 aromatic heterocycles. The zero-order valence-corrected chi connectivity index (χ0v) is 13.7. The van der Waals surface area contributed by atoms with Crippen LogP contribution in [-0.2, 0) is 23.8 Å². The maximum atomic E-state index is 12.7. The maximum absolute atomic E-state index is 12.7. The Labute approximate surface area is 131 Å². The number of rotatable bonds is 2. The molecule has 0 amide bonds. The number of nitrogens with zero attached hydrogens (tertiary/aromatic N) is 4. The van der Waals surface area contributed by atoms with E-state index in [1.807, 2.05) is 20.8 Å². The van der Waals surface area contributed by atoms with Gasteiger partial charge >= 0.3 is 11.5 Å². The molecule has 0 bridgehead atoms. The van der Waals surface area contributed by atoms with Crippen LogP contribution in [0.3, 0.4) is 0 Å². The SMILES string of the molecule is CC(=O)Cn1c(=O)c2c(nc3oc(C(C)(C)C)cn32)n(C)c1=O. The number of hydrogen-bond acceptors (Lipinski definition) is 5. The summed E-state index contributed by atoms with van der Waals surface area (Å²) in [5.74, 6) is 0.651. The first kappa shape index (κ1) is 15.3. The highest BCUT2D eigenvalue weighted by molar-refractivity contribution is 5.77. The van der Waals surface area contributed by atoms with Crippen molar-refractivity contribution in [1.82, 2.24) is 18.5 Å². The minimum absolute atomic E-state index is 0.225. The average Bonchev–Trinajstić information content (AvgIpc) is 2.97. The first-order valence-corrected chi connectivity index (χ1v) is 7.22. The molecule has 0 spiro atoms. The molecule has 3 rings (SSSR count). The van der Waals surface area contributed by atoms with Crippen LogP contribution in [0, 0.1) is 0 Å². The van der Waals surface area contributed by atoms with Crippen molar-refractivity contribution in [3.05, 3.63) is 32.8 Å². The molecular formula is C15H18N4O4. The van der Waals surface area contributed by atoms with E-state index in [1.54, 1.807) is 6.20 Å². The first-order valence-electron chi connectivity index (χ1n) is 7.22. The molecule has 3 heterocycles. The van der Waals surface area contributed by atoms with Crippen molar-refractivity contribution in [3.8, 4) is 0 Å². The summed E-state index contributed by atoms with van der Waals surface area (Å²) in [7, 11) is 1.51. The third-order valence-corrected chi connectivity index (χ3v) is 3.71. The number of fused-ring (bicyclic) bond motifs is 3. The van der Waals surface area contributed by atoms with Gasteiger partial charge in [-0.15, -0.1) is 0 Å². The number of aryl methyl sites for hydroxylation is 1. The fraction of sp³-hybridized carbons (Fsp3) is 0.467. The highest BCUT2D eigenvalue weighted by atomic mass is 16.4. The third kappa shape index (κ3) is 2.21. The van der Waals surface area contributed by atoms with Crippen LogP contribution >= 0.6 is 0 Å². The van der Waals surface area contributed by atoms with E-state index in [9.17, 15) is 14.4 Å². The number of Topliss-reactive ketones (excluding diaryl/α,β-unsaturated/α-hetero) is 1. The van der Waals surface area contributed by atoms with Gasteiger partial charge in [0.25, 0.3) is 5.56 Å². The quantitative estimate of drug-likeness (QED) is 0.698. The summed E-state index contributed by atoms with van der Waals surface area (Å²) in [4.78, 5) is 40.5. The standard InChI is InChI=1S/C15H18N4O4/c1-8(20)6-19-12(21)10-11(17(5)14(19)22)16-13-18(10)7-9(23-13)15(2,3)4/h7H,6H2,1-5H3. The predicted molar refractivity (Wildman–Crippen MR) is 83.8 cm³/mol. The largest absolute Gasteiger partial charge is 0.428 e. The summed E-state index contributed by atoms with van der Waals surface area (Å²) in [6.45, 7) is 7.02. The summed E-state index contributed by atoms with van der Waals surface area (Å²) in [6, 6.07) is 0. The number of oxazole rings is 1. The Morgan fingerprint density at radius 1 is 1.30 bits per heavy atom. The Morgan fingerprint density at radius 2 is 1.96 bits per heavy atom. The lowest BCUT2D eigenvalue weighted by Gasteiger charge is -2.13. The molecule has 23 heavy (non-hydrogen) atoms. The topological polar surface area (TPSA) is 91.5 Å². The molecule has 0 aromatic carbocycles. The number of imidazole rings is 1. The van der Waals surface area contributed by atoms with Gasteiger partial charge < -0.3 is 4.42 Å². The van der Waals surface area contributed by atoms with Crippen molar-refractivity contribution in [3.63, 3.8) is 0 Å². The van der Waals surface area contributed by atoms with E-state index in [0.29, 0.717) is 5.76 Å². The van der Waals surface area contributed by atoms with Crippen LogP contribution < -0.4 is 11.2 Å². The van der Waals surface area contributed by atoms with Crippen LogP contribution in [0.4, 0.5) is 0 Å². The second kappa shape index (κ2) is 4.68. The Kier molecular flexibility index (Phi) is 3.10. The highest BCUT2D eigenvalue weighted by Crippen LogP contribution is 2.26. The molecule has 0 fully saturated rings. The van der Waals surface area contributed by atoms with Gasteiger partial charge in [-0.25, -0.2) is 4.79 Å². The van der Waals surface area contributed by atoms with Gasteiger partial charge in [-0.1, -0.05) is 20.8 Å². The molecule has 0 aliphatic rings. The van der Waals surface area contributed by atoms with Gasteiger partial charge in [0.2, 0.25) is 0 Å². The molecule has 8 nitrogen and oxygen atoms in total. The monoisotopic (exact) mass is 318 g/mol. The molecule has 0 unspecified atom stereocenters. The zero-order chi connectivity index (χ0) is 17.1. The summed E-state index contributed by atoms with van der Waals surface area (Å²) in [5.41, 5.74) is -0.908. The van der Waals surface area contributed by atoms with Gasteiger partial charge in [0.05, 0.1) is 12.7 Å². The number of carbonyl (C=O) groups is 1. The van der Waals surface area contributed by atoms with E-state index in [1.165, 1.54) is 22.9 Å². The molecule has 8 heteroatoms. The van der Waals surface area contributed by atoms with Crippen molar-refractivity contribution in [2.24, 2.45) is 7.05 Å². The molecule has 0 aliphatic carbocycles. The summed E-state index contributed by atoms with van der Waals surface area (Å²) >= 11 is 0. The number of aromatic nitrogens is 4. The van der Waals surface area contributed by atoms with Gasteiger partial charge in [-0.2, -0.15) is 4.98 Å². The fourth-order valence-electron chi connectivity index (χ4n) is 2.46. The predicted octanol–water partition coefficient (Wildman–Crippen LogP) is 0.827. The van der Waals surface area contributed by atoms with Gasteiger partial charge in [0.15, 0.2) is 11.2 Å². The van der Waals surface area contributed by atoms with Crippen LogP contribution in [0.2, 0.25) is 0 Å². The van der Waals surface area contributed by atoms with E-state index in [4.69, 9.17) is 4.42 Å². The van der Waals surface area contributed by atoms with Gasteiger partial charge in [-0.3, -0.25) is 23.1 Å². The average molecular weight is 318 g/mol. The van der Waals surface area contributed by atoms with E-state index in [0.717, 1.165) is 4.57 Å². The normalized spacial score (nSPS) is 12.4. The van der Waals surface area contributed by atoms with Crippen LogP contribution in [0.15, 0.2) is 20.2 Å². The molecule has 0 N–H and O–H groups in total. The first-order chi connectivity index (χ1) is 10.6. The minimum Gasteiger partial charge on any atom is -0.428 e. The van der Waals surface area contributed by atoms with Gasteiger partial charge in [0, 0.05) is 12.5 Å². The number of carbonyl (C=O) groups excluding carboxylic acids is 1. The summed E-state index contributed by atoms with van der Waals surface area (Å²) in [6.07, 6.45) is 1.70. The number of ketones is 1. The highest BCUT2D eigenvalue weighted by Gasteiger charge is 2.24. The Balaban J connectivity index is 2.44. The number of hydrogen-bond donors (Lipinski definition) is 0. The molecule has 0 atom stereocenters. The molecule has 0 aliphatic heterocycles. The smallest absolute Gasteiger partial charge is 0.332 e.